The van der Waals surface area contributed by atoms with Crippen LogP contribution in [-0.4, -0.2) is 10.9 Å². The normalized spacial score (nSPS) is 15.4. The summed E-state index contributed by atoms with van der Waals surface area (Å²) in [4.78, 5) is 26.5. The molecule has 1 aromatic rings. The number of pyridine rings is 1. The van der Waals surface area contributed by atoms with E-state index in [1.165, 1.54) is 12.0 Å². The van der Waals surface area contributed by atoms with Gasteiger partial charge in [0.1, 0.15) is 5.56 Å². The number of carbonyl (C=O) groups excluding carboxylic acids is 1. The Bertz CT molecular complexity index is 532. The van der Waals surface area contributed by atoms with Crippen LogP contribution >= 0.6 is 0 Å². The summed E-state index contributed by atoms with van der Waals surface area (Å²) in [6.07, 6.45) is 8.12. The molecule has 1 aliphatic carbocycles. The zero-order valence-electron chi connectivity index (χ0n) is 11.6. The molecule has 0 aliphatic heterocycles. The Morgan fingerprint density at radius 1 is 1.16 bits per heavy atom. The van der Waals surface area contributed by atoms with Gasteiger partial charge in [-0.15, -0.1) is 0 Å². The number of hydrogen-bond donors (Lipinski definition) is 2. The first kappa shape index (κ1) is 13.8. The van der Waals surface area contributed by atoms with Crippen LogP contribution in [0.15, 0.2) is 4.79 Å². The molecule has 104 valence electrons. The van der Waals surface area contributed by atoms with Crippen LogP contribution in [-0.2, 0) is 19.3 Å². The second-order valence-corrected chi connectivity index (χ2v) is 5.29. The van der Waals surface area contributed by atoms with E-state index in [4.69, 9.17) is 5.73 Å². The van der Waals surface area contributed by atoms with Gasteiger partial charge in [-0.3, -0.25) is 9.59 Å². The second kappa shape index (κ2) is 6.04. The minimum absolute atomic E-state index is 0.191. The lowest BCUT2D eigenvalue weighted by atomic mass is 9.88. The van der Waals surface area contributed by atoms with Crippen molar-refractivity contribution in [2.45, 2.75) is 58.3 Å². The van der Waals surface area contributed by atoms with Gasteiger partial charge < -0.3 is 10.7 Å². The first-order chi connectivity index (χ1) is 9.15. The van der Waals surface area contributed by atoms with E-state index in [0.29, 0.717) is 0 Å². The van der Waals surface area contributed by atoms with Crippen molar-refractivity contribution in [2.24, 2.45) is 5.73 Å². The van der Waals surface area contributed by atoms with Crippen molar-refractivity contribution in [2.75, 3.05) is 0 Å². The summed E-state index contributed by atoms with van der Waals surface area (Å²) in [5.74, 6) is -0.596. The molecule has 0 saturated heterocycles. The van der Waals surface area contributed by atoms with Crippen LogP contribution in [0.2, 0.25) is 0 Å². The predicted molar refractivity (Wildman–Crippen MR) is 75.5 cm³/mol. The first-order valence-electron chi connectivity index (χ1n) is 7.21. The Balaban J connectivity index is 2.62. The number of hydrogen-bond acceptors (Lipinski definition) is 2. The fraction of sp³-hybridized carbons (Fsp3) is 0.600. The van der Waals surface area contributed by atoms with Crippen LogP contribution in [0.25, 0.3) is 0 Å². The van der Waals surface area contributed by atoms with Gasteiger partial charge in [-0.05, 0) is 43.2 Å². The molecule has 3 N–H and O–H groups in total. The number of H-pyrrole nitrogens is 1. The van der Waals surface area contributed by atoms with Gasteiger partial charge in [0.2, 0.25) is 0 Å². The van der Waals surface area contributed by atoms with Gasteiger partial charge in [0.15, 0.2) is 0 Å². The lowest BCUT2D eigenvalue weighted by Crippen LogP contribution is -2.29. The van der Waals surface area contributed by atoms with Crippen molar-refractivity contribution in [3.05, 3.63) is 32.7 Å². The Morgan fingerprint density at radius 2 is 1.79 bits per heavy atom. The molecular formula is C15H22N2O2. The largest absolute Gasteiger partial charge is 0.365 e. The zero-order valence-corrected chi connectivity index (χ0v) is 11.6. The third-order valence-electron chi connectivity index (χ3n) is 3.87. The van der Waals surface area contributed by atoms with Gasteiger partial charge in [-0.2, -0.15) is 0 Å². The number of fused-ring (bicyclic) bond motifs is 1. The predicted octanol–water partition coefficient (Wildman–Crippen LogP) is 2.09. The molecule has 1 amide bonds. The van der Waals surface area contributed by atoms with E-state index >= 15 is 0 Å². The molecule has 19 heavy (non-hydrogen) atoms. The van der Waals surface area contributed by atoms with E-state index in [0.717, 1.165) is 56.2 Å². The van der Waals surface area contributed by atoms with Crippen LogP contribution in [0.5, 0.6) is 0 Å². The lowest BCUT2D eigenvalue weighted by Gasteiger charge is -2.19. The number of nitrogens with one attached hydrogen (secondary N) is 1. The number of carbonyl (C=O) groups is 1. The second-order valence-electron chi connectivity index (χ2n) is 5.29. The van der Waals surface area contributed by atoms with E-state index in [2.05, 4.69) is 11.9 Å². The molecule has 1 aliphatic rings. The highest BCUT2D eigenvalue weighted by Gasteiger charge is 2.21. The van der Waals surface area contributed by atoms with Crippen molar-refractivity contribution in [1.82, 2.24) is 4.98 Å². The average Bonchev–Trinajstić information content (AvgIpc) is 2.30. The number of aromatic nitrogens is 1. The fourth-order valence-corrected chi connectivity index (χ4v) is 3.00. The quantitative estimate of drug-likeness (QED) is 0.875. The first-order valence-corrected chi connectivity index (χ1v) is 7.21. The summed E-state index contributed by atoms with van der Waals surface area (Å²) in [6, 6.07) is 0. The smallest absolute Gasteiger partial charge is 0.261 e. The molecule has 0 spiro atoms. The summed E-state index contributed by atoms with van der Waals surface area (Å²) in [5, 5.41) is 0. The van der Waals surface area contributed by atoms with Gasteiger partial charge in [0.05, 0.1) is 0 Å². The SMILES string of the molecule is CCCc1[nH]c(=O)c(C(N)=O)c2c1CCCCCC2. The molecule has 1 heterocycles. The molecule has 0 aromatic carbocycles. The highest BCUT2D eigenvalue weighted by molar-refractivity contribution is 5.94. The highest BCUT2D eigenvalue weighted by atomic mass is 16.2. The summed E-state index contributed by atoms with van der Waals surface area (Å²) in [7, 11) is 0. The summed E-state index contributed by atoms with van der Waals surface area (Å²) in [6.45, 7) is 2.09. The third-order valence-corrected chi connectivity index (χ3v) is 3.87. The maximum Gasteiger partial charge on any atom is 0.261 e. The number of primary amides is 1. The molecule has 4 heteroatoms. The average molecular weight is 262 g/mol. The maximum absolute atomic E-state index is 12.1. The molecular weight excluding hydrogens is 240 g/mol. The molecule has 1 aromatic heterocycles. The van der Waals surface area contributed by atoms with Gasteiger partial charge in [-0.1, -0.05) is 26.2 Å². The van der Waals surface area contributed by atoms with Crippen LogP contribution in [0.4, 0.5) is 0 Å². The summed E-state index contributed by atoms with van der Waals surface area (Å²) in [5.41, 5.74) is 8.38. The Morgan fingerprint density at radius 3 is 2.37 bits per heavy atom. The van der Waals surface area contributed by atoms with Gasteiger partial charge in [-0.25, -0.2) is 0 Å². The standard InChI is InChI=1S/C15H22N2O2/c1-2-7-12-10-8-5-3-4-6-9-11(10)13(14(16)18)15(19)17-12/h2-9H2,1H3,(H2,16,18)(H,17,19). The molecule has 0 fully saturated rings. The number of aromatic amines is 1. The van der Waals surface area contributed by atoms with Crippen LogP contribution < -0.4 is 11.3 Å². The maximum atomic E-state index is 12.1. The zero-order chi connectivity index (χ0) is 13.8. The fourth-order valence-electron chi connectivity index (χ4n) is 3.00. The number of rotatable bonds is 3. The van der Waals surface area contributed by atoms with Gasteiger partial charge >= 0.3 is 0 Å². The Kier molecular flexibility index (Phi) is 4.40. The van der Waals surface area contributed by atoms with Crippen molar-refractivity contribution in [3.8, 4) is 0 Å². The van der Waals surface area contributed by atoms with Gasteiger partial charge in [0, 0.05) is 5.69 Å². The van der Waals surface area contributed by atoms with Crippen molar-refractivity contribution in [3.63, 3.8) is 0 Å². The van der Waals surface area contributed by atoms with E-state index in [1.807, 2.05) is 0 Å². The monoisotopic (exact) mass is 262 g/mol. The van der Waals surface area contributed by atoms with Crippen molar-refractivity contribution < 1.29 is 4.79 Å². The van der Waals surface area contributed by atoms with Gasteiger partial charge in [0.25, 0.3) is 11.5 Å². The van der Waals surface area contributed by atoms with Crippen LogP contribution in [0.1, 0.15) is 66.2 Å². The molecule has 0 bridgehead atoms. The molecule has 0 radical (unpaired) electrons. The highest BCUT2D eigenvalue weighted by Crippen LogP contribution is 2.24. The minimum atomic E-state index is -0.596. The molecule has 0 saturated carbocycles. The molecule has 0 atom stereocenters. The van der Waals surface area contributed by atoms with Crippen molar-refractivity contribution in [1.29, 1.82) is 0 Å². The summed E-state index contributed by atoms with van der Waals surface area (Å²) < 4.78 is 0. The summed E-state index contributed by atoms with van der Waals surface area (Å²) >= 11 is 0. The topological polar surface area (TPSA) is 75.9 Å². The number of amides is 1. The Hall–Kier alpha value is -1.58. The molecule has 2 rings (SSSR count). The van der Waals surface area contributed by atoms with Crippen molar-refractivity contribution >= 4 is 5.91 Å². The number of aryl methyl sites for hydroxylation is 1. The van der Waals surface area contributed by atoms with E-state index in [1.54, 1.807) is 0 Å². The minimum Gasteiger partial charge on any atom is -0.365 e. The van der Waals surface area contributed by atoms with E-state index < -0.39 is 5.91 Å². The Labute approximate surface area is 113 Å². The van der Waals surface area contributed by atoms with E-state index in [-0.39, 0.29) is 11.1 Å². The molecule has 0 unspecified atom stereocenters. The molecule has 4 nitrogen and oxygen atoms in total. The number of nitrogens with two attached hydrogens (primary N) is 1. The van der Waals surface area contributed by atoms with E-state index in [9.17, 15) is 9.59 Å². The third kappa shape index (κ3) is 2.88. The lowest BCUT2D eigenvalue weighted by molar-refractivity contribution is 0.0997. The van der Waals surface area contributed by atoms with Crippen LogP contribution in [0, 0.1) is 0 Å². The van der Waals surface area contributed by atoms with Crippen LogP contribution in [0.3, 0.4) is 0 Å².